The predicted octanol–water partition coefficient (Wildman–Crippen LogP) is 0.874. The van der Waals surface area contributed by atoms with Crippen molar-refractivity contribution in [2.45, 2.75) is 6.92 Å². The fourth-order valence-electron chi connectivity index (χ4n) is 2.50. The molecule has 0 aromatic heterocycles. The van der Waals surface area contributed by atoms with E-state index in [-0.39, 0.29) is 24.6 Å². The second-order valence-corrected chi connectivity index (χ2v) is 5.53. The van der Waals surface area contributed by atoms with Crippen molar-refractivity contribution in [2.24, 2.45) is 11.8 Å². The van der Waals surface area contributed by atoms with E-state index in [1.54, 1.807) is 6.92 Å². The van der Waals surface area contributed by atoms with Crippen LogP contribution in [0.2, 0.25) is 0 Å². The molecule has 8 heteroatoms. The number of carboxylic acid groups (broad SMARTS) is 1. The summed E-state index contributed by atoms with van der Waals surface area (Å²) in [6.07, 6.45) is 0. The van der Waals surface area contributed by atoms with Crippen molar-refractivity contribution < 1.29 is 28.3 Å². The largest absolute Gasteiger partial charge is 0.481 e. The number of carbonyl (C=O) groups excluding carboxylic acids is 2. The van der Waals surface area contributed by atoms with E-state index in [2.05, 4.69) is 5.32 Å². The minimum Gasteiger partial charge on any atom is -0.481 e. The first kappa shape index (κ1) is 16.9. The third-order valence-corrected chi connectivity index (χ3v) is 3.86. The molecule has 1 aliphatic heterocycles. The Morgan fingerprint density at radius 3 is 2.52 bits per heavy atom. The smallest absolute Gasteiger partial charge is 0.308 e. The maximum Gasteiger partial charge on any atom is 0.308 e. The molecule has 0 aliphatic carbocycles. The summed E-state index contributed by atoms with van der Waals surface area (Å²) in [5, 5.41) is 11.3. The maximum atomic E-state index is 13.1. The molecule has 2 N–H and O–H groups in total. The van der Waals surface area contributed by atoms with Gasteiger partial charge in [-0.2, -0.15) is 0 Å². The molecule has 6 nitrogen and oxygen atoms in total. The number of aliphatic carboxylic acids is 1. The summed E-state index contributed by atoms with van der Waals surface area (Å²) in [7, 11) is 0. The fraction of sp³-hybridized carbons (Fsp3) is 0.400. The van der Waals surface area contributed by atoms with Crippen LogP contribution in [0.1, 0.15) is 17.3 Å². The summed E-state index contributed by atoms with van der Waals surface area (Å²) >= 11 is 0. The van der Waals surface area contributed by atoms with Gasteiger partial charge in [0.25, 0.3) is 5.91 Å². The van der Waals surface area contributed by atoms with Gasteiger partial charge < -0.3 is 15.3 Å². The average Bonchev–Trinajstić information content (AvgIpc) is 2.89. The molecule has 0 bridgehead atoms. The highest BCUT2D eigenvalue weighted by molar-refractivity contribution is 5.96. The molecular weight excluding hydrogens is 310 g/mol. The van der Waals surface area contributed by atoms with Crippen molar-refractivity contribution in [1.82, 2.24) is 10.2 Å². The number of carboxylic acids is 1. The highest BCUT2D eigenvalue weighted by Gasteiger charge is 2.36. The third-order valence-electron chi connectivity index (χ3n) is 3.86. The Balaban J connectivity index is 1.90. The Morgan fingerprint density at radius 1 is 1.26 bits per heavy atom. The number of benzene rings is 1. The quantitative estimate of drug-likeness (QED) is 0.860. The molecule has 1 aromatic carbocycles. The monoisotopic (exact) mass is 326 g/mol. The molecular formula is C15H16F2N2O4. The molecule has 2 atom stereocenters. The molecule has 1 fully saturated rings. The van der Waals surface area contributed by atoms with Gasteiger partial charge in [-0.05, 0) is 24.1 Å². The fourth-order valence-corrected chi connectivity index (χ4v) is 2.50. The first-order valence-electron chi connectivity index (χ1n) is 7.03. The van der Waals surface area contributed by atoms with Gasteiger partial charge >= 0.3 is 5.97 Å². The first-order valence-corrected chi connectivity index (χ1v) is 7.03. The van der Waals surface area contributed by atoms with E-state index in [1.165, 1.54) is 4.90 Å². The van der Waals surface area contributed by atoms with Crippen molar-refractivity contribution in [1.29, 1.82) is 0 Å². The zero-order valence-electron chi connectivity index (χ0n) is 12.4. The van der Waals surface area contributed by atoms with Crippen LogP contribution in [0.15, 0.2) is 18.2 Å². The van der Waals surface area contributed by atoms with Gasteiger partial charge in [-0.25, -0.2) is 8.78 Å². The standard InChI is InChI=1S/C15H16F2N2O4/c1-8-6-19(7-10(8)15(22)23)13(20)5-18-14(21)9-2-3-11(16)12(17)4-9/h2-4,8,10H,5-7H2,1H3,(H,18,21)(H,22,23)/t8-,10-/m1/s1. The molecule has 1 aliphatic rings. The lowest BCUT2D eigenvalue weighted by atomic mass is 9.99. The predicted molar refractivity (Wildman–Crippen MR) is 75.6 cm³/mol. The molecule has 1 saturated heterocycles. The Morgan fingerprint density at radius 2 is 1.96 bits per heavy atom. The van der Waals surface area contributed by atoms with Crippen molar-refractivity contribution in [3.63, 3.8) is 0 Å². The number of rotatable bonds is 4. The number of halogens is 2. The molecule has 1 heterocycles. The van der Waals surface area contributed by atoms with Gasteiger partial charge in [-0.1, -0.05) is 6.92 Å². The van der Waals surface area contributed by atoms with Crippen LogP contribution in [0.5, 0.6) is 0 Å². The number of carbonyl (C=O) groups is 3. The van der Waals surface area contributed by atoms with Crippen LogP contribution in [-0.4, -0.2) is 47.4 Å². The second-order valence-electron chi connectivity index (χ2n) is 5.53. The number of nitrogens with zero attached hydrogens (tertiary/aromatic N) is 1. The molecule has 0 spiro atoms. The number of nitrogens with one attached hydrogen (secondary N) is 1. The van der Waals surface area contributed by atoms with Crippen LogP contribution in [0.3, 0.4) is 0 Å². The SMILES string of the molecule is C[C@@H]1CN(C(=O)CNC(=O)c2ccc(F)c(F)c2)C[C@H]1C(=O)O. The Labute approximate surface area is 131 Å². The van der Waals surface area contributed by atoms with Gasteiger partial charge in [0.2, 0.25) is 5.91 Å². The highest BCUT2D eigenvalue weighted by atomic mass is 19.2. The molecule has 2 rings (SSSR count). The number of hydrogen-bond acceptors (Lipinski definition) is 3. The summed E-state index contributed by atoms with van der Waals surface area (Å²) in [5.74, 6) is -5.10. The summed E-state index contributed by atoms with van der Waals surface area (Å²) in [4.78, 5) is 36.2. The maximum absolute atomic E-state index is 13.1. The van der Waals surface area contributed by atoms with Gasteiger partial charge in [0, 0.05) is 18.7 Å². The molecule has 124 valence electrons. The minimum absolute atomic E-state index is 0.0936. The summed E-state index contributed by atoms with van der Waals surface area (Å²) < 4.78 is 25.9. The van der Waals surface area contributed by atoms with Crippen molar-refractivity contribution >= 4 is 17.8 Å². The molecule has 0 saturated carbocycles. The summed E-state index contributed by atoms with van der Waals surface area (Å²) in [6, 6.07) is 2.68. The van der Waals surface area contributed by atoms with Gasteiger partial charge in [-0.15, -0.1) is 0 Å². The summed E-state index contributed by atoms with van der Waals surface area (Å²) in [6.45, 7) is 1.80. The van der Waals surface area contributed by atoms with Gasteiger partial charge in [0.1, 0.15) is 0 Å². The van der Waals surface area contributed by atoms with E-state index in [0.29, 0.717) is 6.54 Å². The van der Waals surface area contributed by atoms with Crippen LogP contribution in [0, 0.1) is 23.5 Å². The van der Waals surface area contributed by atoms with Crippen LogP contribution >= 0.6 is 0 Å². The zero-order valence-corrected chi connectivity index (χ0v) is 12.4. The molecule has 23 heavy (non-hydrogen) atoms. The van der Waals surface area contributed by atoms with Crippen molar-refractivity contribution in [3.05, 3.63) is 35.4 Å². The van der Waals surface area contributed by atoms with Crippen LogP contribution in [0.4, 0.5) is 8.78 Å². The molecule has 0 unspecified atom stereocenters. The van der Waals surface area contributed by atoms with Gasteiger partial charge in [0.15, 0.2) is 11.6 Å². The lowest BCUT2D eigenvalue weighted by Gasteiger charge is -2.16. The van der Waals surface area contributed by atoms with E-state index in [9.17, 15) is 23.2 Å². The minimum atomic E-state index is -1.15. The van der Waals surface area contributed by atoms with Gasteiger partial charge in [-0.3, -0.25) is 14.4 Å². The van der Waals surface area contributed by atoms with Gasteiger partial charge in [0.05, 0.1) is 12.5 Å². The summed E-state index contributed by atoms with van der Waals surface area (Å²) in [5.41, 5.74) is -0.102. The van der Waals surface area contributed by atoms with Crippen LogP contribution in [-0.2, 0) is 9.59 Å². The Kier molecular flexibility index (Phi) is 4.92. The lowest BCUT2D eigenvalue weighted by molar-refractivity contribution is -0.142. The van der Waals surface area contributed by atoms with E-state index in [1.807, 2.05) is 0 Å². The van der Waals surface area contributed by atoms with Crippen molar-refractivity contribution in [2.75, 3.05) is 19.6 Å². The normalized spacial score (nSPS) is 20.4. The average molecular weight is 326 g/mol. The Hall–Kier alpha value is -2.51. The van der Waals surface area contributed by atoms with Crippen LogP contribution < -0.4 is 5.32 Å². The first-order chi connectivity index (χ1) is 10.8. The zero-order chi connectivity index (χ0) is 17.1. The Bertz CT molecular complexity index is 650. The van der Waals surface area contributed by atoms with Crippen molar-refractivity contribution in [3.8, 4) is 0 Å². The van der Waals surface area contributed by atoms with E-state index < -0.39 is 35.3 Å². The second kappa shape index (κ2) is 6.72. The molecule has 0 radical (unpaired) electrons. The number of hydrogen-bond donors (Lipinski definition) is 2. The van der Waals surface area contributed by atoms with Crippen LogP contribution in [0.25, 0.3) is 0 Å². The topological polar surface area (TPSA) is 86.7 Å². The molecule has 2 amide bonds. The van der Waals surface area contributed by atoms with E-state index in [4.69, 9.17) is 5.11 Å². The third kappa shape index (κ3) is 3.82. The highest BCUT2D eigenvalue weighted by Crippen LogP contribution is 2.22. The number of likely N-dealkylation sites (tertiary alicyclic amines) is 1. The molecule has 1 aromatic rings. The van der Waals surface area contributed by atoms with E-state index >= 15 is 0 Å². The van der Waals surface area contributed by atoms with E-state index in [0.717, 1.165) is 18.2 Å². The lowest BCUT2D eigenvalue weighted by Crippen LogP contribution is -2.39. The number of amides is 2.